The van der Waals surface area contributed by atoms with Crippen molar-refractivity contribution in [2.24, 2.45) is 0 Å². The van der Waals surface area contributed by atoms with Crippen LogP contribution in [0.15, 0.2) is 30.3 Å². The molecule has 1 aliphatic rings. The maximum absolute atomic E-state index is 12.1. The van der Waals surface area contributed by atoms with Crippen molar-refractivity contribution >= 4 is 6.03 Å². The fourth-order valence-electron chi connectivity index (χ4n) is 3.19. The molecule has 0 aliphatic carbocycles. The number of hydrogen-bond donors (Lipinski definition) is 2. The monoisotopic (exact) mass is 346 g/mol. The Morgan fingerprint density at radius 1 is 1.28 bits per heavy atom. The van der Waals surface area contributed by atoms with Gasteiger partial charge in [-0.25, -0.2) is 4.79 Å². The van der Waals surface area contributed by atoms with Crippen molar-refractivity contribution in [2.75, 3.05) is 33.2 Å². The molecule has 1 aromatic rings. The zero-order valence-electron chi connectivity index (χ0n) is 16.0. The van der Waals surface area contributed by atoms with Gasteiger partial charge in [-0.1, -0.05) is 37.3 Å². The Labute approximate surface area is 152 Å². The van der Waals surface area contributed by atoms with Crippen LogP contribution >= 0.6 is 0 Å². The van der Waals surface area contributed by atoms with Gasteiger partial charge in [0.1, 0.15) is 0 Å². The molecule has 2 amide bonds. The van der Waals surface area contributed by atoms with E-state index in [1.165, 1.54) is 5.56 Å². The fourth-order valence-corrected chi connectivity index (χ4v) is 3.19. The van der Waals surface area contributed by atoms with Gasteiger partial charge < -0.3 is 15.5 Å². The molecule has 0 radical (unpaired) electrons. The Kier molecular flexibility index (Phi) is 8.22. The van der Waals surface area contributed by atoms with Crippen molar-refractivity contribution in [1.29, 1.82) is 0 Å². The summed E-state index contributed by atoms with van der Waals surface area (Å²) < 4.78 is 0. The number of carbonyl (C=O) groups is 1. The number of carbonyl (C=O) groups excluding carboxylic acids is 1. The summed E-state index contributed by atoms with van der Waals surface area (Å²) in [5.41, 5.74) is 1.36. The van der Waals surface area contributed by atoms with Crippen molar-refractivity contribution in [3.63, 3.8) is 0 Å². The van der Waals surface area contributed by atoms with E-state index in [2.05, 4.69) is 71.7 Å². The van der Waals surface area contributed by atoms with E-state index in [4.69, 9.17) is 0 Å². The molecule has 5 heteroatoms. The minimum Gasteiger partial charge on any atom is -0.337 e. The van der Waals surface area contributed by atoms with Gasteiger partial charge in [-0.05, 0) is 38.8 Å². The third-order valence-corrected chi connectivity index (χ3v) is 5.27. The maximum atomic E-state index is 12.1. The molecule has 2 N–H and O–H groups in total. The number of rotatable bonds is 8. The standard InChI is InChI=1S/C20H34N4O/c1-4-17(2)23(3)15-12-21-20(25)22-19-10-13-24(14-11-19)16-18-8-6-5-7-9-18/h5-9,17,19H,4,10-16H2,1-3H3,(H2,21,22,25). The van der Waals surface area contributed by atoms with Crippen LogP contribution in [0.4, 0.5) is 4.79 Å². The van der Waals surface area contributed by atoms with Crippen LogP contribution in [0.2, 0.25) is 0 Å². The first kappa shape index (κ1) is 19.7. The highest BCUT2D eigenvalue weighted by atomic mass is 16.2. The summed E-state index contributed by atoms with van der Waals surface area (Å²) in [4.78, 5) is 16.8. The third-order valence-electron chi connectivity index (χ3n) is 5.27. The smallest absolute Gasteiger partial charge is 0.315 e. The van der Waals surface area contributed by atoms with Crippen LogP contribution in [-0.4, -0.2) is 61.1 Å². The Hall–Kier alpha value is -1.59. The zero-order valence-corrected chi connectivity index (χ0v) is 16.0. The first-order valence-electron chi connectivity index (χ1n) is 9.59. The number of benzene rings is 1. The van der Waals surface area contributed by atoms with Crippen LogP contribution in [0.5, 0.6) is 0 Å². The van der Waals surface area contributed by atoms with Crippen molar-refractivity contribution in [1.82, 2.24) is 20.4 Å². The van der Waals surface area contributed by atoms with Crippen LogP contribution in [0.1, 0.15) is 38.7 Å². The molecule has 0 bridgehead atoms. The van der Waals surface area contributed by atoms with Gasteiger partial charge in [0.05, 0.1) is 0 Å². The second kappa shape index (κ2) is 10.4. The Morgan fingerprint density at radius 2 is 1.96 bits per heavy atom. The summed E-state index contributed by atoms with van der Waals surface area (Å²) in [6.07, 6.45) is 3.17. The molecule has 0 spiro atoms. The molecule has 1 fully saturated rings. The van der Waals surface area contributed by atoms with E-state index in [1.807, 2.05) is 0 Å². The molecular formula is C20H34N4O. The lowest BCUT2D eigenvalue weighted by Gasteiger charge is -2.32. The van der Waals surface area contributed by atoms with Gasteiger partial charge >= 0.3 is 6.03 Å². The SMILES string of the molecule is CCC(C)N(C)CCNC(=O)NC1CCN(Cc2ccccc2)CC1. The van der Waals surface area contributed by atoms with Gasteiger partial charge in [-0.15, -0.1) is 0 Å². The number of nitrogens with zero attached hydrogens (tertiary/aromatic N) is 2. The van der Waals surface area contributed by atoms with E-state index in [1.54, 1.807) is 0 Å². The van der Waals surface area contributed by atoms with Crippen LogP contribution < -0.4 is 10.6 Å². The maximum Gasteiger partial charge on any atom is 0.315 e. The fraction of sp³-hybridized carbons (Fsp3) is 0.650. The lowest BCUT2D eigenvalue weighted by Crippen LogP contribution is -2.49. The summed E-state index contributed by atoms with van der Waals surface area (Å²) in [5.74, 6) is 0. The number of likely N-dealkylation sites (N-methyl/N-ethyl adjacent to an activating group) is 1. The highest BCUT2D eigenvalue weighted by Crippen LogP contribution is 2.13. The van der Waals surface area contributed by atoms with Gasteiger partial charge in [-0.2, -0.15) is 0 Å². The van der Waals surface area contributed by atoms with Crippen LogP contribution in [0.3, 0.4) is 0 Å². The Balaban J connectivity index is 1.60. The molecule has 1 heterocycles. The molecular weight excluding hydrogens is 312 g/mol. The molecule has 5 nitrogen and oxygen atoms in total. The van der Waals surface area contributed by atoms with E-state index in [0.29, 0.717) is 18.6 Å². The molecule has 2 rings (SSSR count). The number of piperidine rings is 1. The van der Waals surface area contributed by atoms with E-state index < -0.39 is 0 Å². The van der Waals surface area contributed by atoms with Crippen molar-refractivity contribution < 1.29 is 4.79 Å². The van der Waals surface area contributed by atoms with E-state index in [0.717, 1.165) is 45.4 Å². The van der Waals surface area contributed by atoms with Gasteiger partial charge in [0.25, 0.3) is 0 Å². The van der Waals surface area contributed by atoms with Crippen LogP contribution in [-0.2, 0) is 6.54 Å². The van der Waals surface area contributed by atoms with Crippen molar-refractivity contribution in [3.8, 4) is 0 Å². The minimum absolute atomic E-state index is 0.0286. The minimum atomic E-state index is -0.0286. The average molecular weight is 347 g/mol. The highest BCUT2D eigenvalue weighted by molar-refractivity contribution is 5.74. The Morgan fingerprint density at radius 3 is 2.60 bits per heavy atom. The topological polar surface area (TPSA) is 47.6 Å². The first-order chi connectivity index (χ1) is 12.1. The van der Waals surface area contributed by atoms with Crippen LogP contribution in [0, 0.1) is 0 Å². The van der Waals surface area contributed by atoms with Gasteiger partial charge in [0.15, 0.2) is 0 Å². The summed E-state index contributed by atoms with van der Waals surface area (Å²) in [5, 5.41) is 6.11. The van der Waals surface area contributed by atoms with Gasteiger partial charge in [0, 0.05) is 44.8 Å². The second-order valence-electron chi connectivity index (χ2n) is 7.17. The summed E-state index contributed by atoms with van der Waals surface area (Å²) in [6, 6.07) is 11.4. The molecule has 0 saturated carbocycles. The summed E-state index contributed by atoms with van der Waals surface area (Å²) in [7, 11) is 2.11. The lowest BCUT2D eigenvalue weighted by molar-refractivity contribution is 0.185. The van der Waals surface area contributed by atoms with Gasteiger partial charge in [-0.3, -0.25) is 4.90 Å². The molecule has 25 heavy (non-hydrogen) atoms. The number of amides is 2. The number of nitrogens with one attached hydrogen (secondary N) is 2. The largest absolute Gasteiger partial charge is 0.337 e. The first-order valence-corrected chi connectivity index (χ1v) is 9.59. The lowest BCUT2D eigenvalue weighted by atomic mass is 10.0. The third kappa shape index (κ3) is 7.04. The average Bonchev–Trinajstić information content (AvgIpc) is 2.63. The van der Waals surface area contributed by atoms with Crippen LogP contribution in [0.25, 0.3) is 0 Å². The predicted molar refractivity (Wildman–Crippen MR) is 104 cm³/mol. The predicted octanol–water partition coefficient (Wildman–Crippen LogP) is 2.68. The summed E-state index contributed by atoms with van der Waals surface area (Å²) >= 11 is 0. The normalized spacial score (nSPS) is 17.4. The second-order valence-corrected chi connectivity index (χ2v) is 7.17. The molecule has 1 aliphatic heterocycles. The molecule has 0 aromatic heterocycles. The quantitative estimate of drug-likeness (QED) is 0.761. The van der Waals surface area contributed by atoms with Gasteiger partial charge in [0.2, 0.25) is 0 Å². The van der Waals surface area contributed by atoms with E-state index >= 15 is 0 Å². The zero-order chi connectivity index (χ0) is 18.1. The molecule has 1 unspecified atom stereocenters. The molecule has 1 saturated heterocycles. The molecule has 1 atom stereocenters. The molecule has 1 aromatic carbocycles. The number of likely N-dealkylation sites (tertiary alicyclic amines) is 1. The van der Waals surface area contributed by atoms with E-state index in [-0.39, 0.29) is 6.03 Å². The summed E-state index contributed by atoms with van der Waals surface area (Å²) in [6.45, 7) is 9.06. The van der Waals surface area contributed by atoms with Crippen molar-refractivity contribution in [3.05, 3.63) is 35.9 Å². The molecule has 140 valence electrons. The van der Waals surface area contributed by atoms with E-state index in [9.17, 15) is 4.79 Å². The number of hydrogen-bond acceptors (Lipinski definition) is 3. The Bertz CT molecular complexity index is 500. The van der Waals surface area contributed by atoms with Crippen molar-refractivity contribution in [2.45, 2.75) is 51.7 Å². The number of urea groups is 1. The highest BCUT2D eigenvalue weighted by Gasteiger charge is 2.20.